The van der Waals surface area contributed by atoms with Crippen molar-refractivity contribution < 1.29 is 9.90 Å². The van der Waals surface area contributed by atoms with Crippen LogP contribution in [-0.4, -0.2) is 42.2 Å². The van der Waals surface area contributed by atoms with Crippen LogP contribution in [0.4, 0.5) is 5.69 Å². The van der Waals surface area contributed by atoms with E-state index in [1.165, 1.54) is 5.56 Å². The molecule has 0 aliphatic carbocycles. The lowest BCUT2D eigenvalue weighted by Crippen LogP contribution is -2.45. The first-order valence-corrected chi connectivity index (χ1v) is 12.3. The molecule has 2 aromatic carbocycles. The predicted molar refractivity (Wildman–Crippen MR) is 134 cm³/mol. The fourth-order valence-corrected chi connectivity index (χ4v) is 5.25. The minimum Gasteiger partial charge on any atom is -0.481 e. The summed E-state index contributed by atoms with van der Waals surface area (Å²) in [6, 6.07) is 12.1. The lowest BCUT2D eigenvalue weighted by molar-refractivity contribution is -0.143. The Labute approximate surface area is 206 Å². The van der Waals surface area contributed by atoms with Crippen LogP contribution in [0.25, 0.3) is 0 Å². The highest BCUT2D eigenvalue weighted by Gasteiger charge is 2.32. The smallest absolute Gasteiger partial charge is 0.306 e. The predicted octanol–water partition coefficient (Wildman–Crippen LogP) is 6.10. The second-order valence-electron chi connectivity index (χ2n) is 8.54. The third-order valence-corrected chi connectivity index (χ3v) is 7.15. The molecule has 176 valence electrons. The van der Waals surface area contributed by atoms with Gasteiger partial charge in [-0.3, -0.25) is 9.69 Å². The Morgan fingerprint density at radius 1 is 1.15 bits per heavy atom. The van der Waals surface area contributed by atoms with Gasteiger partial charge in [-0.25, -0.2) is 0 Å². The van der Waals surface area contributed by atoms with Gasteiger partial charge in [0.2, 0.25) is 0 Å². The molecule has 0 radical (unpaired) electrons. The number of hydrogen-bond acceptors (Lipinski definition) is 4. The van der Waals surface area contributed by atoms with Crippen molar-refractivity contribution in [2.45, 2.75) is 46.1 Å². The number of carboxylic acids is 1. The van der Waals surface area contributed by atoms with E-state index in [9.17, 15) is 15.2 Å². The summed E-state index contributed by atoms with van der Waals surface area (Å²) in [7, 11) is 0. The van der Waals surface area contributed by atoms with E-state index < -0.39 is 5.97 Å². The van der Waals surface area contributed by atoms with Crippen LogP contribution in [0.15, 0.2) is 30.3 Å². The Morgan fingerprint density at radius 2 is 1.76 bits per heavy atom. The average molecular weight is 488 g/mol. The van der Waals surface area contributed by atoms with Crippen molar-refractivity contribution in [2.75, 3.05) is 31.1 Å². The molecule has 2 fully saturated rings. The molecule has 2 aliphatic rings. The zero-order chi connectivity index (χ0) is 24.1. The van der Waals surface area contributed by atoms with E-state index in [0.717, 1.165) is 43.0 Å². The minimum absolute atomic E-state index is 0.247. The Bertz CT molecular complexity index is 1020. The molecule has 2 aromatic rings. The third-order valence-electron chi connectivity index (χ3n) is 6.54. The molecule has 0 amide bonds. The second-order valence-corrected chi connectivity index (χ2v) is 9.35. The van der Waals surface area contributed by atoms with E-state index in [4.69, 9.17) is 23.2 Å². The van der Waals surface area contributed by atoms with E-state index in [0.29, 0.717) is 40.9 Å². The lowest BCUT2D eigenvalue weighted by Gasteiger charge is -2.42. The van der Waals surface area contributed by atoms with Crippen molar-refractivity contribution >= 4 is 34.9 Å². The van der Waals surface area contributed by atoms with Crippen LogP contribution in [0.5, 0.6) is 0 Å². The number of aryl methyl sites for hydroxylation is 1. The summed E-state index contributed by atoms with van der Waals surface area (Å²) >= 11 is 12.7. The Kier molecular flexibility index (Phi) is 8.64. The minimum atomic E-state index is -0.703. The van der Waals surface area contributed by atoms with E-state index >= 15 is 0 Å². The van der Waals surface area contributed by atoms with Crippen molar-refractivity contribution in [1.29, 1.82) is 5.26 Å². The summed E-state index contributed by atoms with van der Waals surface area (Å²) < 4.78 is 0. The number of likely N-dealkylation sites (tertiary alicyclic amines) is 1. The summed E-state index contributed by atoms with van der Waals surface area (Å²) in [5, 5.41) is 20.3. The number of para-hydroxylation sites is 1. The number of aliphatic carboxylic acids is 1. The molecular formula is C26H31Cl2N3O2. The molecule has 4 rings (SSSR count). The van der Waals surface area contributed by atoms with Crippen LogP contribution < -0.4 is 4.90 Å². The number of carbonyl (C=O) groups is 1. The molecule has 2 aliphatic heterocycles. The van der Waals surface area contributed by atoms with Gasteiger partial charge in [-0.05, 0) is 67.7 Å². The summed E-state index contributed by atoms with van der Waals surface area (Å²) in [6.45, 7) is 9.88. The van der Waals surface area contributed by atoms with Crippen LogP contribution >= 0.6 is 23.2 Å². The van der Waals surface area contributed by atoms with Gasteiger partial charge in [-0.2, -0.15) is 5.26 Å². The third kappa shape index (κ3) is 5.63. The van der Waals surface area contributed by atoms with Crippen molar-refractivity contribution in [1.82, 2.24) is 4.90 Å². The van der Waals surface area contributed by atoms with E-state index in [1.807, 2.05) is 38.1 Å². The second kappa shape index (κ2) is 11.2. The van der Waals surface area contributed by atoms with Crippen LogP contribution in [0.2, 0.25) is 10.0 Å². The van der Waals surface area contributed by atoms with Gasteiger partial charge >= 0.3 is 5.97 Å². The van der Waals surface area contributed by atoms with Gasteiger partial charge < -0.3 is 10.0 Å². The molecule has 0 aromatic heterocycles. The molecule has 0 atom stereocenters. The maximum absolute atomic E-state index is 11.2. The molecule has 2 heterocycles. The topological polar surface area (TPSA) is 67.6 Å². The highest BCUT2D eigenvalue weighted by molar-refractivity contribution is 6.39. The number of rotatable bonds is 5. The normalized spacial score (nSPS) is 17.0. The first-order chi connectivity index (χ1) is 15.9. The number of halogens is 2. The van der Waals surface area contributed by atoms with Crippen molar-refractivity contribution in [3.8, 4) is 6.07 Å². The van der Waals surface area contributed by atoms with Crippen molar-refractivity contribution in [3.63, 3.8) is 0 Å². The largest absolute Gasteiger partial charge is 0.481 e. The number of carboxylic acid groups (broad SMARTS) is 1. The van der Waals surface area contributed by atoms with Gasteiger partial charge in [0.25, 0.3) is 0 Å². The molecule has 1 N–H and O–H groups in total. The quantitative estimate of drug-likeness (QED) is 0.551. The van der Waals surface area contributed by atoms with Gasteiger partial charge in [-0.15, -0.1) is 0 Å². The van der Waals surface area contributed by atoms with Crippen molar-refractivity contribution in [3.05, 3.63) is 62.6 Å². The van der Waals surface area contributed by atoms with Crippen LogP contribution in [0.1, 0.15) is 54.9 Å². The molecule has 2 saturated heterocycles. The number of benzene rings is 2. The maximum Gasteiger partial charge on any atom is 0.306 e. The summed E-state index contributed by atoms with van der Waals surface area (Å²) in [4.78, 5) is 15.6. The standard InChI is InChI=1S/C24H25Cl2N3O2.C2H6/c1-15-9-17(19-12-29(13-19)23-21(25)3-2-4-22(23)26)10-18(11-27)20(15)14-28-7-5-16(6-8-28)24(30)31;1-2/h2-4,9-10,16,19H,5-8,12-14H2,1H3,(H,30,31);1-2H3. The average Bonchev–Trinajstić information content (AvgIpc) is 2.78. The Hall–Kier alpha value is -2.26. The number of nitrogens with zero attached hydrogens (tertiary/aromatic N) is 3. The first kappa shape index (κ1) is 25.4. The van der Waals surface area contributed by atoms with E-state index in [1.54, 1.807) is 0 Å². The highest BCUT2D eigenvalue weighted by Crippen LogP contribution is 2.40. The molecule has 5 nitrogen and oxygen atoms in total. The SMILES string of the molecule is CC.Cc1cc(C2CN(c3c(Cl)cccc3Cl)C2)cc(C#N)c1CN1CCC(C(=O)O)CC1. The molecule has 0 bridgehead atoms. The molecule has 0 spiro atoms. The van der Waals surface area contributed by atoms with Gasteiger partial charge in [0.15, 0.2) is 0 Å². The van der Waals surface area contributed by atoms with Crippen molar-refractivity contribution in [2.24, 2.45) is 5.92 Å². The number of nitriles is 1. The zero-order valence-corrected chi connectivity index (χ0v) is 21.0. The van der Waals surface area contributed by atoms with Gasteiger partial charge in [0.05, 0.1) is 33.3 Å². The fourth-order valence-electron chi connectivity index (χ4n) is 4.62. The van der Waals surface area contributed by atoms with Crippen LogP contribution in [0, 0.1) is 24.2 Å². The van der Waals surface area contributed by atoms with Gasteiger partial charge in [0, 0.05) is 25.6 Å². The van der Waals surface area contributed by atoms with E-state index in [-0.39, 0.29) is 5.92 Å². The zero-order valence-electron chi connectivity index (χ0n) is 19.4. The lowest BCUT2D eigenvalue weighted by atomic mass is 9.86. The van der Waals surface area contributed by atoms with Crippen LogP contribution in [0.3, 0.4) is 0 Å². The monoisotopic (exact) mass is 487 g/mol. The molecule has 7 heteroatoms. The number of hydrogen-bond donors (Lipinski definition) is 1. The van der Waals surface area contributed by atoms with Gasteiger partial charge in [-0.1, -0.05) is 49.2 Å². The highest BCUT2D eigenvalue weighted by atomic mass is 35.5. The Balaban J connectivity index is 0.00000149. The first-order valence-electron chi connectivity index (χ1n) is 11.5. The molecular weight excluding hydrogens is 457 g/mol. The fraction of sp³-hybridized carbons (Fsp3) is 0.462. The Morgan fingerprint density at radius 3 is 2.30 bits per heavy atom. The summed E-state index contributed by atoms with van der Waals surface area (Å²) in [6.07, 6.45) is 1.33. The van der Waals surface area contributed by atoms with Gasteiger partial charge in [0.1, 0.15) is 0 Å². The summed E-state index contributed by atoms with van der Waals surface area (Å²) in [5.74, 6) is -0.618. The maximum atomic E-state index is 11.2. The molecule has 33 heavy (non-hydrogen) atoms. The molecule has 0 unspecified atom stereocenters. The number of anilines is 1. The number of piperidine rings is 1. The summed E-state index contributed by atoms with van der Waals surface area (Å²) in [5.41, 5.74) is 4.92. The van der Waals surface area contributed by atoms with E-state index in [2.05, 4.69) is 28.9 Å². The van der Waals surface area contributed by atoms with Crippen LogP contribution in [-0.2, 0) is 11.3 Å². The molecule has 0 saturated carbocycles.